The van der Waals surface area contributed by atoms with Crippen LogP contribution in [0.15, 0.2) is 12.2 Å². The van der Waals surface area contributed by atoms with Gasteiger partial charge in [-0.1, -0.05) is 26.0 Å². The maximum atomic E-state index is 11.0. The van der Waals surface area contributed by atoms with Crippen LogP contribution in [-0.2, 0) is 9.53 Å². The van der Waals surface area contributed by atoms with E-state index < -0.39 is 0 Å². The summed E-state index contributed by atoms with van der Waals surface area (Å²) < 4.78 is 4.62. The second-order valence-electron chi connectivity index (χ2n) is 7.11. The molecule has 0 spiro atoms. The van der Waals surface area contributed by atoms with Gasteiger partial charge in [0.15, 0.2) is 0 Å². The molecule has 3 nitrogen and oxygen atoms in total. The maximum Gasteiger partial charge on any atom is 0.305 e. The summed E-state index contributed by atoms with van der Waals surface area (Å²) in [6.45, 7) is 4.76. The minimum absolute atomic E-state index is 0.116. The Morgan fingerprint density at radius 2 is 2.10 bits per heavy atom. The first-order chi connectivity index (χ1) is 9.46. The Hall–Kier alpha value is -0.830. The summed E-state index contributed by atoms with van der Waals surface area (Å²) in [6.07, 6.45) is 10.5. The molecular formula is C17H29NO2. The van der Waals surface area contributed by atoms with Crippen molar-refractivity contribution >= 4 is 5.97 Å². The minimum atomic E-state index is -0.116. The highest BCUT2D eigenvalue weighted by atomic mass is 16.5. The fraction of sp³-hybridized carbons (Fsp3) is 0.824. The fourth-order valence-corrected chi connectivity index (χ4v) is 4.07. The third-order valence-corrected chi connectivity index (χ3v) is 5.73. The average molecular weight is 279 g/mol. The molecular weight excluding hydrogens is 250 g/mol. The van der Waals surface area contributed by atoms with Crippen LogP contribution in [0.1, 0.15) is 52.4 Å². The van der Waals surface area contributed by atoms with Crippen molar-refractivity contribution in [3.05, 3.63) is 12.2 Å². The van der Waals surface area contributed by atoms with Gasteiger partial charge in [0, 0.05) is 12.5 Å². The lowest BCUT2D eigenvalue weighted by molar-refractivity contribution is -0.140. The highest BCUT2D eigenvalue weighted by molar-refractivity contribution is 5.69. The summed E-state index contributed by atoms with van der Waals surface area (Å²) in [5.74, 6) is 2.14. The van der Waals surface area contributed by atoms with Gasteiger partial charge in [-0.3, -0.25) is 4.79 Å². The molecule has 0 amide bonds. The third-order valence-electron chi connectivity index (χ3n) is 5.73. The molecule has 0 radical (unpaired) electrons. The van der Waals surface area contributed by atoms with E-state index in [2.05, 4.69) is 30.7 Å². The molecule has 3 rings (SSSR count). The zero-order chi connectivity index (χ0) is 14.8. The Balaban J connectivity index is 1.67. The first-order valence-corrected chi connectivity index (χ1v) is 7.94. The predicted molar refractivity (Wildman–Crippen MR) is 81.1 cm³/mol. The molecule has 4 atom stereocenters. The van der Waals surface area contributed by atoms with Crippen LogP contribution < -0.4 is 5.73 Å². The van der Waals surface area contributed by atoms with E-state index in [1.807, 2.05) is 0 Å². The van der Waals surface area contributed by atoms with Gasteiger partial charge in [0.05, 0.1) is 7.11 Å². The van der Waals surface area contributed by atoms with Gasteiger partial charge in [0.25, 0.3) is 0 Å². The molecule has 1 unspecified atom stereocenters. The lowest BCUT2D eigenvalue weighted by atomic mass is 9.45. The van der Waals surface area contributed by atoms with E-state index in [1.54, 1.807) is 0 Å². The van der Waals surface area contributed by atoms with Crippen molar-refractivity contribution in [2.75, 3.05) is 7.11 Å². The van der Waals surface area contributed by atoms with Gasteiger partial charge >= 0.3 is 5.97 Å². The largest absolute Gasteiger partial charge is 0.469 e. The van der Waals surface area contributed by atoms with Crippen molar-refractivity contribution in [3.8, 4) is 0 Å². The van der Waals surface area contributed by atoms with E-state index in [0.717, 1.165) is 31.1 Å². The number of fused-ring (bicyclic) bond motifs is 2. The van der Waals surface area contributed by atoms with Crippen molar-refractivity contribution in [2.24, 2.45) is 28.9 Å². The second kappa shape index (κ2) is 6.30. The summed E-state index contributed by atoms with van der Waals surface area (Å²) in [6, 6.07) is 0.370. The highest BCUT2D eigenvalue weighted by Gasteiger charge is 2.56. The van der Waals surface area contributed by atoms with Crippen molar-refractivity contribution in [1.29, 1.82) is 0 Å². The minimum Gasteiger partial charge on any atom is -0.469 e. The van der Waals surface area contributed by atoms with E-state index in [9.17, 15) is 4.79 Å². The van der Waals surface area contributed by atoms with Crippen LogP contribution in [0.5, 0.6) is 0 Å². The topological polar surface area (TPSA) is 52.3 Å². The zero-order valence-corrected chi connectivity index (χ0v) is 13.1. The number of methoxy groups -OCH3 is 1. The monoisotopic (exact) mass is 279 g/mol. The van der Waals surface area contributed by atoms with E-state index >= 15 is 0 Å². The van der Waals surface area contributed by atoms with Crippen LogP contribution in [0, 0.1) is 23.2 Å². The summed E-state index contributed by atoms with van der Waals surface area (Å²) in [4.78, 5) is 11.0. The molecule has 0 aromatic carbocycles. The van der Waals surface area contributed by atoms with Crippen molar-refractivity contribution < 1.29 is 9.53 Å². The molecule has 0 aromatic rings. The normalized spacial score (nSPS) is 34.8. The van der Waals surface area contributed by atoms with Crippen LogP contribution in [0.4, 0.5) is 0 Å². The number of ether oxygens (including phenoxy) is 1. The maximum absolute atomic E-state index is 11.0. The number of hydrogen-bond acceptors (Lipinski definition) is 3. The van der Waals surface area contributed by atoms with Crippen molar-refractivity contribution in [1.82, 2.24) is 0 Å². The van der Waals surface area contributed by atoms with Crippen molar-refractivity contribution in [3.63, 3.8) is 0 Å². The quantitative estimate of drug-likeness (QED) is 0.461. The zero-order valence-electron chi connectivity index (χ0n) is 13.1. The SMILES string of the molecule is COC(=O)CCC/C=C\C[C@H]1C[C@H]2C[C@@H](C1N)C2(C)C. The number of carbonyl (C=O) groups excluding carboxylic acids is 1. The Morgan fingerprint density at radius 3 is 2.70 bits per heavy atom. The van der Waals surface area contributed by atoms with Gasteiger partial charge in [0.1, 0.15) is 0 Å². The molecule has 3 saturated carbocycles. The molecule has 0 saturated heterocycles. The lowest BCUT2D eigenvalue weighted by Gasteiger charge is -2.61. The number of esters is 1. The summed E-state index contributed by atoms with van der Waals surface area (Å²) >= 11 is 0. The smallest absolute Gasteiger partial charge is 0.305 e. The number of nitrogens with two attached hydrogens (primary N) is 1. The highest BCUT2D eigenvalue weighted by Crippen LogP contribution is 2.60. The van der Waals surface area contributed by atoms with Gasteiger partial charge < -0.3 is 10.5 Å². The Morgan fingerprint density at radius 1 is 1.35 bits per heavy atom. The first kappa shape index (κ1) is 15.6. The van der Waals surface area contributed by atoms with Gasteiger partial charge in [-0.2, -0.15) is 0 Å². The lowest BCUT2D eigenvalue weighted by Crippen LogP contribution is -2.61. The molecule has 2 bridgehead atoms. The van der Waals surface area contributed by atoms with Crippen LogP contribution in [0.3, 0.4) is 0 Å². The molecule has 3 heteroatoms. The molecule has 2 N–H and O–H groups in total. The fourth-order valence-electron chi connectivity index (χ4n) is 4.07. The van der Waals surface area contributed by atoms with Crippen molar-refractivity contribution in [2.45, 2.75) is 58.4 Å². The number of allylic oxidation sites excluding steroid dienone is 2. The van der Waals surface area contributed by atoms with E-state index in [-0.39, 0.29) is 5.97 Å². The second-order valence-corrected chi connectivity index (χ2v) is 7.11. The molecule has 20 heavy (non-hydrogen) atoms. The number of rotatable bonds is 6. The van der Waals surface area contributed by atoms with Gasteiger partial charge in [-0.15, -0.1) is 0 Å². The molecule has 3 aliphatic carbocycles. The number of unbranched alkanes of at least 4 members (excludes halogenated alkanes) is 1. The molecule has 0 aliphatic heterocycles. The van der Waals surface area contributed by atoms with Crippen LogP contribution in [-0.4, -0.2) is 19.1 Å². The van der Waals surface area contributed by atoms with Gasteiger partial charge in [0.2, 0.25) is 0 Å². The predicted octanol–water partition coefficient (Wildman–Crippen LogP) is 3.29. The van der Waals surface area contributed by atoms with E-state index in [0.29, 0.717) is 23.8 Å². The molecule has 0 heterocycles. The molecule has 114 valence electrons. The Labute approximate surface area is 122 Å². The molecule has 3 fully saturated rings. The van der Waals surface area contributed by atoms with Crippen LogP contribution in [0.2, 0.25) is 0 Å². The van der Waals surface area contributed by atoms with Crippen LogP contribution >= 0.6 is 0 Å². The average Bonchev–Trinajstić information content (AvgIpc) is 2.43. The summed E-state index contributed by atoms with van der Waals surface area (Å²) in [5, 5.41) is 0. The summed E-state index contributed by atoms with van der Waals surface area (Å²) in [7, 11) is 1.44. The summed E-state index contributed by atoms with van der Waals surface area (Å²) in [5.41, 5.74) is 6.91. The molecule has 3 aliphatic rings. The van der Waals surface area contributed by atoms with Gasteiger partial charge in [-0.05, 0) is 55.3 Å². The Kier molecular flexibility index (Phi) is 4.90. The Bertz CT molecular complexity index is 375. The number of carbonyl (C=O) groups is 1. The first-order valence-electron chi connectivity index (χ1n) is 7.94. The van der Waals surface area contributed by atoms with E-state index in [1.165, 1.54) is 20.0 Å². The van der Waals surface area contributed by atoms with Crippen LogP contribution in [0.25, 0.3) is 0 Å². The molecule has 0 aromatic heterocycles. The third kappa shape index (κ3) is 3.08. The number of hydrogen-bond donors (Lipinski definition) is 1. The van der Waals surface area contributed by atoms with E-state index in [4.69, 9.17) is 5.73 Å². The van der Waals surface area contributed by atoms with Gasteiger partial charge in [-0.25, -0.2) is 0 Å². The standard InChI is InChI=1S/C17H29NO2/c1-17(2)13-10-12(16(18)14(17)11-13)8-6-4-5-7-9-15(19)20-3/h4,6,12-14,16H,5,7-11,18H2,1-3H3/b6-4-/t12-,13-,14-,16?/m0/s1.